The second-order valence-corrected chi connectivity index (χ2v) is 20.0. The first-order valence-electron chi connectivity index (χ1n) is 25.6. The number of hydrogen-bond acceptors (Lipinski definition) is 2. The van der Waals surface area contributed by atoms with Crippen molar-refractivity contribution in [2.75, 3.05) is 13.2 Å². The Balaban J connectivity index is 1.05. The minimum atomic E-state index is -0.670. The standard InChI is InChI=1S/C56H88O2Si/c1-3-5-7-9-11-13-15-17-19-21-23-25-27-29-31-33-45-57-51-41-43-53-49(47-51)37-35-39-55(53)59-56-40-36-38-50-48-52(42-44-54(50)56)58-46-34-32-30-28-26-24-22-20-18-16-14-12-10-8-6-4-2/h35-44,47-48H,3-34,45-46,59H2,1-2H3. The van der Waals surface area contributed by atoms with Crippen molar-refractivity contribution in [2.45, 2.75) is 219 Å². The fourth-order valence-electron chi connectivity index (χ4n) is 9.03. The molecule has 0 aromatic heterocycles. The summed E-state index contributed by atoms with van der Waals surface area (Å²) in [6, 6.07) is 27.2. The SMILES string of the molecule is CCCCCCCCCCCCCCCCCCOc1ccc2c([SiH2]c3cccc4cc(OCCCCCCCCCCCCCCCCCC)ccc34)cccc2c1. The van der Waals surface area contributed by atoms with Crippen molar-refractivity contribution in [1.29, 1.82) is 0 Å². The Kier molecular flexibility index (Phi) is 27.3. The van der Waals surface area contributed by atoms with Crippen LogP contribution in [0, 0.1) is 0 Å². The summed E-state index contributed by atoms with van der Waals surface area (Å²) in [7, 11) is -0.670. The monoisotopic (exact) mass is 821 g/mol. The minimum absolute atomic E-state index is 0.670. The van der Waals surface area contributed by atoms with E-state index in [4.69, 9.17) is 9.47 Å². The van der Waals surface area contributed by atoms with Crippen molar-refractivity contribution in [3.8, 4) is 11.5 Å². The Hall–Kier alpha value is -2.78. The molecule has 0 aliphatic rings. The van der Waals surface area contributed by atoms with E-state index in [1.54, 1.807) is 0 Å². The summed E-state index contributed by atoms with van der Waals surface area (Å²) in [5.74, 6) is 2.02. The predicted octanol–water partition coefficient (Wildman–Crippen LogP) is 16.4. The number of ether oxygens (including phenoxy) is 2. The molecule has 328 valence electrons. The maximum absolute atomic E-state index is 6.25. The summed E-state index contributed by atoms with van der Waals surface area (Å²) < 4.78 is 12.5. The zero-order valence-corrected chi connectivity index (χ0v) is 39.9. The number of hydrogen-bond donors (Lipinski definition) is 0. The van der Waals surface area contributed by atoms with Crippen LogP contribution < -0.4 is 19.8 Å². The van der Waals surface area contributed by atoms with Gasteiger partial charge in [-0.1, -0.05) is 265 Å². The van der Waals surface area contributed by atoms with Gasteiger partial charge in [-0.2, -0.15) is 0 Å². The van der Waals surface area contributed by atoms with Crippen LogP contribution in [0.4, 0.5) is 0 Å². The summed E-state index contributed by atoms with van der Waals surface area (Å²) in [6.45, 7) is 6.24. The van der Waals surface area contributed by atoms with Crippen LogP contribution in [0.2, 0.25) is 0 Å². The van der Waals surface area contributed by atoms with Gasteiger partial charge in [-0.25, -0.2) is 0 Å². The highest BCUT2D eigenvalue weighted by Crippen LogP contribution is 2.23. The molecule has 0 atom stereocenters. The maximum Gasteiger partial charge on any atom is 0.119 e. The molecule has 0 unspecified atom stereocenters. The molecule has 4 aromatic carbocycles. The summed E-state index contributed by atoms with van der Waals surface area (Å²) in [5.41, 5.74) is 0. The highest BCUT2D eigenvalue weighted by Gasteiger charge is 2.09. The van der Waals surface area contributed by atoms with Crippen LogP contribution in [0.15, 0.2) is 72.8 Å². The van der Waals surface area contributed by atoms with Crippen LogP contribution in [-0.4, -0.2) is 22.7 Å². The average molecular weight is 821 g/mol. The first kappa shape index (κ1) is 48.9. The summed E-state index contributed by atoms with van der Waals surface area (Å²) in [5, 5.41) is 8.36. The smallest absolute Gasteiger partial charge is 0.119 e. The molecule has 4 rings (SSSR count). The minimum Gasteiger partial charge on any atom is -0.494 e. The summed E-state index contributed by atoms with van der Waals surface area (Å²) in [4.78, 5) is 0. The Bertz CT molecular complexity index is 1490. The van der Waals surface area contributed by atoms with Crippen molar-refractivity contribution in [2.24, 2.45) is 0 Å². The van der Waals surface area contributed by atoms with Gasteiger partial charge >= 0.3 is 0 Å². The molecule has 4 aromatic rings. The molecule has 0 spiro atoms. The van der Waals surface area contributed by atoms with Gasteiger partial charge in [-0.15, -0.1) is 0 Å². The fourth-order valence-corrected chi connectivity index (χ4v) is 11.0. The van der Waals surface area contributed by atoms with E-state index in [-0.39, 0.29) is 0 Å². The van der Waals surface area contributed by atoms with Gasteiger partial charge in [0.15, 0.2) is 0 Å². The van der Waals surface area contributed by atoms with E-state index in [0.717, 1.165) is 37.6 Å². The van der Waals surface area contributed by atoms with Crippen LogP contribution in [0.5, 0.6) is 11.5 Å². The van der Waals surface area contributed by atoms with Gasteiger partial charge in [0.25, 0.3) is 0 Å². The van der Waals surface area contributed by atoms with Gasteiger partial charge in [0.05, 0.1) is 22.7 Å². The van der Waals surface area contributed by atoms with Crippen molar-refractivity contribution >= 4 is 41.4 Å². The van der Waals surface area contributed by atoms with Crippen LogP contribution in [0.1, 0.15) is 219 Å². The topological polar surface area (TPSA) is 18.5 Å². The van der Waals surface area contributed by atoms with Crippen LogP contribution in [-0.2, 0) is 0 Å². The lowest BCUT2D eigenvalue weighted by molar-refractivity contribution is 0.304. The molecule has 0 aliphatic carbocycles. The van der Waals surface area contributed by atoms with E-state index in [1.807, 2.05) is 0 Å². The van der Waals surface area contributed by atoms with Crippen molar-refractivity contribution < 1.29 is 9.47 Å². The van der Waals surface area contributed by atoms with E-state index in [9.17, 15) is 0 Å². The molecule has 0 bridgehead atoms. The van der Waals surface area contributed by atoms with E-state index < -0.39 is 9.52 Å². The lowest BCUT2D eigenvalue weighted by atomic mass is 10.0. The normalized spacial score (nSPS) is 11.6. The lowest BCUT2D eigenvalue weighted by Crippen LogP contribution is -2.28. The molecule has 0 radical (unpaired) electrons. The number of benzene rings is 4. The Morgan fingerprint density at radius 3 is 0.915 bits per heavy atom. The van der Waals surface area contributed by atoms with Gasteiger partial charge < -0.3 is 9.47 Å². The van der Waals surface area contributed by atoms with E-state index >= 15 is 0 Å². The lowest BCUT2D eigenvalue weighted by Gasteiger charge is -2.12. The summed E-state index contributed by atoms with van der Waals surface area (Å²) >= 11 is 0. The fraction of sp³-hybridized carbons (Fsp3) is 0.643. The van der Waals surface area contributed by atoms with Gasteiger partial charge in [0.2, 0.25) is 0 Å². The zero-order chi connectivity index (χ0) is 41.3. The molecule has 0 saturated heterocycles. The third-order valence-electron chi connectivity index (χ3n) is 12.8. The molecule has 2 nitrogen and oxygen atoms in total. The van der Waals surface area contributed by atoms with E-state index in [2.05, 4.69) is 86.6 Å². The van der Waals surface area contributed by atoms with Crippen LogP contribution >= 0.6 is 0 Å². The molecule has 0 fully saturated rings. The summed E-state index contributed by atoms with van der Waals surface area (Å²) in [6.07, 6.45) is 44.7. The highest BCUT2D eigenvalue weighted by atomic mass is 28.2. The second-order valence-electron chi connectivity index (χ2n) is 18.1. The highest BCUT2D eigenvalue weighted by molar-refractivity contribution is 6.72. The zero-order valence-electron chi connectivity index (χ0n) is 38.5. The Morgan fingerprint density at radius 2 is 0.610 bits per heavy atom. The van der Waals surface area contributed by atoms with Crippen LogP contribution in [0.3, 0.4) is 0 Å². The van der Waals surface area contributed by atoms with Gasteiger partial charge in [0, 0.05) is 0 Å². The first-order valence-corrected chi connectivity index (χ1v) is 27.0. The number of unbranched alkanes of at least 4 members (excludes halogenated alkanes) is 30. The van der Waals surface area contributed by atoms with Gasteiger partial charge in [-0.05, 0) is 58.7 Å². The molecule has 3 heteroatoms. The molecule has 59 heavy (non-hydrogen) atoms. The van der Waals surface area contributed by atoms with Crippen molar-refractivity contribution in [3.63, 3.8) is 0 Å². The molecule has 0 N–H and O–H groups in total. The molecule has 0 amide bonds. The third-order valence-corrected chi connectivity index (χ3v) is 14.8. The van der Waals surface area contributed by atoms with Gasteiger partial charge in [-0.3, -0.25) is 0 Å². The molecule has 0 aliphatic heterocycles. The largest absolute Gasteiger partial charge is 0.494 e. The molecular formula is C56H88O2Si. The van der Waals surface area contributed by atoms with E-state index in [0.29, 0.717) is 0 Å². The molecule has 0 heterocycles. The average Bonchev–Trinajstić information content (AvgIpc) is 3.26. The quantitative estimate of drug-likeness (QED) is 0.0331. The van der Waals surface area contributed by atoms with Crippen LogP contribution in [0.25, 0.3) is 21.5 Å². The Labute approximate surface area is 366 Å². The predicted molar refractivity (Wildman–Crippen MR) is 266 cm³/mol. The second kappa shape index (κ2) is 32.9. The number of rotatable bonds is 38. The molecule has 0 saturated carbocycles. The van der Waals surface area contributed by atoms with E-state index in [1.165, 1.54) is 225 Å². The first-order chi connectivity index (χ1) is 29.3. The Morgan fingerprint density at radius 1 is 0.322 bits per heavy atom. The maximum atomic E-state index is 6.25. The molecular weight excluding hydrogens is 733 g/mol. The van der Waals surface area contributed by atoms with Crippen molar-refractivity contribution in [3.05, 3.63) is 72.8 Å². The van der Waals surface area contributed by atoms with Crippen molar-refractivity contribution in [1.82, 2.24) is 0 Å². The number of fused-ring (bicyclic) bond motifs is 2. The third kappa shape index (κ3) is 21.5. The van der Waals surface area contributed by atoms with Gasteiger partial charge in [0.1, 0.15) is 11.5 Å².